The number of hydrogen-bond acceptors (Lipinski definition) is 6. The van der Waals surface area contributed by atoms with Gasteiger partial charge in [-0.2, -0.15) is 5.10 Å². The quantitative estimate of drug-likeness (QED) is 0.800. The molecule has 1 aliphatic heterocycles. The number of nitrogens with one attached hydrogen (secondary N) is 1. The molecule has 1 atom stereocenters. The summed E-state index contributed by atoms with van der Waals surface area (Å²) in [5.41, 5.74) is 2.12. The summed E-state index contributed by atoms with van der Waals surface area (Å²) in [5.74, 6) is 0.740. The molecule has 0 aliphatic carbocycles. The Bertz CT molecular complexity index is 821. The van der Waals surface area contributed by atoms with Crippen molar-refractivity contribution in [2.45, 2.75) is 19.6 Å². The molecular weight excluding hydrogens is 342 g/mol. The Morgan fingerprint density at radius 2 is 2.16 bits per heavy atom. The first-order valence-corrected chi connectivity index (χ1v) is 9.99. The van der Waals surface area contributed by atoms with Crippen LogP contribution in [0.5, 0.6) is 5.88 Å². The summed E-state index contributed by atoms with van der Waals surface area (Å²) in [5, 5.41) is 4.36. The molecule has 2 aromatic rings. The summed E-state index contributed by atoms with van der Waals surface area (Å²) in [7, 11) is -1.60. The van der Waals surface area contributed by atoms with Crippen molar-refractivity contribution >= 4 is 10.0 Å². The van der Waals surface area contributed by atoms with Crippen LogP contribution in [-0.4, -0.2) is 54.5 Å². The highest BCUT2D eigenvalue weighted by Crippen LogP contribution is 2.21. The second kappa shape index (κ2) is 7.51. The van der Waals surface area contributed by atoms with Gasteiger partial charge in [0.25, 0.3) is 0 Å². The van der Waals surface area contributed by atoms with Crippen LogP contribution in [0.3, 0.4) is 0 Å². The topological polar surface area (TPSA) is 89.3 Å². The third-order valence-electron chi connectivity index (χ3n) is 4.21. The van der Waals surface area contributed by atoms with E-state index in [1.807, 2.05) is 22.9 Å². The maximum atomic E-state index is 11.4. The maximum Gasteiger partial charge on any atom is 0.217 e. The number of pyridine rings is 1. The summed E-state index contributed by atoms with van der Waals surface area (Å²) >= 11 is 0. The van der Waals surface area contributed by atoms with Crippen molar-refractivity contribution in [3.8, 4) is 5.88 Å². The van der Waals surface area contributed by atoms with Gasteiger partial charge in [-0.1, -0.05) is 6.07 Å². The number of sulfonamides is 1. The van der Waals surface area contributed by atoms with Crippen LogP contribution in [0.25, 0.3) is 0 Å². The van der Waals surface area contributed by atoms with Crippen LogP contribution in [0.15, 0.2) is 30.6 Å². The summed E-state index contributed by atoms with van der Waals surface area (Å²) < 4.78 is 32.8. The Morgan fingerprint density at radius 3 is 2.92 bits per heavy atom. The normalized spacial score (nSPS) is 18.6. The lowest BCUT2D eigenvalue weighted by molar-refractivity contribution is 0.218. The molecule has 3 rings (SSSR count). The number of ether oxygens (including phenoxy) is 1. The van der Waals surface area contributed by atoms with Gasteiger partial charge in [0, 0.05) is 56.6 Å². The minimum absolute atomic E-state index is 0.124. The molecule has 9 heteroatoms. The Kier molecular flexibility index (Phi) is 5.36. The van der Waals surface area contributed by atoms with Gasteiger partial charge < -0.3 is 4.74 Å². The fourth-order valence-electron chi connectivity index (χ4n) is 3.11. The smallest absolute Gasteiger partial charge is 0.217 e. The molecule has 0 saturated carbocycles. The lowest BCUT2D eigenvalue weighted by Crippen LogP contribution is -2.36. The SMILES string of the molecule is COc1ncccc1CN1Cc2ccnn2CC(CNS(C)(=O)=O)C1. The lowest BCUT2D eigenvalue weighted by atomic mass is 10.1. The summed E-state index contributed by atoms with van der Waals surface area (Å²) in [6, 6.07) is 5.89. The van der Waals surface area contributed by atoms with Crippen LogP contribution in [0.1, 0.15) is 11.3 Å². The molecule has 3 heterocycles. The number of fused-ring (bicyclic) bond motifs is 1. The Balaban J connectivity index is 1.78. The molecule has 136 valence electrons. The average molecular weight is 365 g/mol. The predicted octanol–water partition coefficient (Wildman–Crippen LogP) is 0.468. The van der Waals surface area contributed by atoms with Crippen molar-refractivity contribution in [2.75, 3.05) is 26.5 Å². The Labute approximate surface area is 147 Å². The minimum Gasteiger partial charge on any atom is -0.481 e. The summed E-state index contributed by atoms with van der Waals surface area (Å²) in [4.78, 5) is 6.52. The number of hydrogen-bond donors (Lipinski definition) is 1. The van der Waals surface area contributed by atoms with Crippen molar-refractivity contribution in [2.24, 2.45) is 5.92 Å². The van der Waals surface area contributed by atoms with Gasteiger partial charge in [0.15, 0.2) is 0 Å². The molecule has 8 nitrogen and oxygen atoms in total. The maximum absolute atomic E-state index is 11.4. The second-order valence-corrected chi connectivity index (χ2v) is 8.17. The molecule has 0 fully saturated rings. The first-order valence-electron chi connectivity index (χ1n) is 8.10. The third kappa shape index (κ3) is 4.77. The van der Waals surface area contributed by atoms with Gasteiger partial charge in [-0.3, -0.25) is 9.58 Å². The molecule has 0 spiro atoms. The van der Waals surface area contributed by atoms with Gasteiger partial charge in [0.05, 0.1) is 19.1 Å². The van der Waals surface area contributed by atoms with Crippen LogP contribution in [0.2, 0.25) is 0 Å². The van der Waals surface area contributed by atoms with E-state index in [0.29, 0.717) is 25.5 Å². The van der Waals surface area contributed by atoms with Gasteiger partial charge in [-0.15, -0.1) is 0 Å². The summed E-state index contributed by atoms with van der Waals surface area (Å²) in [6.45, 7) is 3.25. The Morgan fingerprint density at radius 1 is 1.32 bits per heavy atom. The molecule has 0 amide bonds. The fourth-order valence-corrected chi connectivity index (χ4v) is 3.65. The molecular formula is C16H23N5O3S. The zero-order valence-corrected chi connectivity index (χ0v) is 15.2. The zero-order valence-electron chi connectivity index (χ0n) is 14.4. The zero-order chi connectivity index (χ0) is 17.9. The molecule has 1 N–H and O–H groups in total. The predicted molar refractivity (Wildman–Crippen MR) is 93.5 cm³/mol. The van der Waals surface area contributed by atoms with Gasteiger partial charge in [0.1, 0.15) is 0 Å². The number of rotatable bonds is 6. The minimum atomic E-state index is -3.21. The summed E-state index contributed by atoms with van der Waals surface area (Å²) in [6.07, 6.45) is 4.67. The van der Waals surface area contributed by atoms with Crippen LogP contribution in [0.4, 0.5) is 0 Å². The van der Waals surface area contributed by atoms with Gasteiger partial charge in [-0.05, 0) is 12.1 Å². The number of aromatic nitrogens is 3. The van der Waals surface area contributed by atoms with E-state index >= 15 is 0 Å². The van der Waals surface area contributed by atoms with Crippen LogP contribution >= 0.6 is 0 Å². The van der Waals surface area contributed by atoms with E-state index < -0.39 is 10.0 Å². The van der Waals surface area contributed by atoms with E-state index in [1.165, 1.54) is 6.26 Å². The molecule has 0 aromatic carbocycles. The largest absolute Gasteiger partial charge is 0.481 e. The van der Waals surface area contributed by atoms with Gasteiger partial charge in [-0.25, -0.2) is 18.1 Å². The average Bonchev–Trinajstić information content (AvgIpc) is 2.92. The molecule has 2 aromatic heterocycles. The van der Waals surface area contributed by atoms with Crippen LogP contribution < -0.4 is 9.46 Å². The molecule has 0 bridgehead atoms. The van der Waals surface area contributed by atoms with Crippen molar-refractivity contribution in [1.82, 2.24) is 24.4 Å². The molecule has 1 aliphatic rings. The van der Waals surface area contributed by atoms with Crippen molar-refractivity contribution in [3.63, 3.8) is 0 Å². The van der Waals surface area contributed by atoms with E-state index in [-0.39, 0.29) is 5.92 Å². The molecule has 1 unspecified atom stereocenters. The molecule has 0 radical (unpaired) electrons. The van der Waals surface area contributed by atoms with Gasteiger partial charge in [0.2, 0.25) is 15.9 Å². The van der Waals surface area contributed by atoms with Crippen LogP contribution in [0, 0.1) is 5.92 Å². The van der Waals surface area contributed by atoms with E-state index in [0.717, 1.165) is 24.3 Å². The van der Waals surface area contributed by atoms with E-state index in [2.05, 4.69) is 19.7 Å². The highest BCUT2D eigenvalue weighted by Gasteiger charge is 2.24. The Hall–Kier alpha value is -1.97. The van der Waals surface area contributed by atoms with Crippen molar-refractivity contribution < 1.29 is 13.2 Å². The van der Waals surface area contributed by atoms with E-state index in [4.69, 9.17) is 4.74 Å². The second-order valence-electron chi connectivity index (χ2n) is 6.33. The molecule has 25 heavy (non-hydrogen) atoms. The van der Waals surface area contributed by atoms with E-state index in [1.54, 1.807) is 19.5 Å². The molecule has 0 saturated heterocycles. The highest BCUT2D eigenvalue weighted by molar-refractivity contribution is 7.88. The number of nitrogens with zero attached hydrogens (tertiary/aromatic N) is 4. The van der Waals surface area contributed by atoms with Crippen molar-refractivity contribution in [1.29, 1.82) is 0 Å². The van der Waals surface area contributed by atoms with Crippen LogP contribution in [-0.2, 0) is 29.7 Å². The third-order valence-corrected chi connectivity index (χ3v) is 4.90. The van der Waals surface area contributed by atoms with Crippen molar-refractivity contribution in [3.05, 3.63) is 41.9 Å². The number of methoxy groups -OCH3 is 1. The highest BCUT2D eigenvalue weighted by atomic mass is 32.2. The monoisotopic (exact) mass is 365 g/mol. The fraction of sp³-hybridized carbons (Fsp3) is 0.500. The lowest BCUT2D eigenvalue weighted by Gasteiger charge is -2.24. The van der Waals surface area contributed by atoms with E-state index in [9.17, 15) is 8.42 Å². The standard InChI is InChI=1S/C16H23N5O3S/c1-24-16-14(4-3-6-17-16)11-20-9-13(8-19-25(2,22)23)10-21-15(12-20)5-7-18-21/h3-7,13,19H,8-12H2,1-2H3. The first kappa shape index (κ1) is 17.8. The van der Waals surface area contributed by atoms with Gasteiger partial charge >= 0.3 is 0 Å². The first-order chi connectivity index (χ1) is 11.9.